The second-order valence-corrected chi connectivity index (χ2v) is 16.9. The number of hydrogen-bond acceptors (Lipinski definition) is 7. The van der Waals surface area contributed by atoms with Gasteiger partial charge in [-0.15, -0.1) is 0 Å². The largest absolute Gasteiger partial charge is 0.295 e. The van der Waals surface area contributed by atoms with Crippen LogP contribution >= 0.6 is 54.0 Å². The number of carbonyl (C=O) groups excluding carboxylic acids is 1. The molecule has 2 N–H and O–H groups in total. The number of rotatable bonds is 9. The molecular weight excluding hydrogens is 704 g/mol. The molecule has 0 heterocycles. The van der Waals surface area contributed by atoms with E-state index in [-0.39, 0.29) is 5.91 Å². The van der Waals surface area contributed by atoms with Crippen molar-refractivity contribution in [1.82, 2.24) is 5.32 Å². The van der Waals surface area contributed by atoms with Gasteiger partial charge in [-0.05, 0) is 84.9 Å². The maximum Gasteiger partial charge on any atom is 0.223 e. The maximum absolute atomic E-state index is 13.1. The zero-order valence-corrected chi connectivity index (χ0v) is 29.1. The second-order valence-electron chi connectivity index (χ2n) is 9.50. The van der Waals surface area contributed by atoms with Crippen LogP contribution in [0.4, 0.5) is 0 Å². The van der Waals surface area contributed by atoms with E-state index in [1.54, 1.807) is 30.4 Å². The van der Waals surface area contributed by atoms with Gasteiger partial charge >= 0.3 is 0 Å². The smallest absolute Gasteiger partial charge is 0.223 e. The molecule has 0 aliphatic heterocycles. The summed E-state index contributed by atoms with van der Waals surface area (Å²) in [6.45, 7) is 1.58. The molecular formula is C34H28Cl3NO5PS2+. The number of nitrogens with one attached hydrogen (secondary N) is 1. The topological polar surface area (TPSA) is 119 Å². The van der Waals surface area contributed by atoms with Crippen LogP contribution in [0.25, 0.3) is 0 Å². The Labute approximate surface area is 289 Å². The van der Waals surface area contributed by atoms with Crippen molar-refractivity contribution in [1.29, 1.82) is 0 Å². The van der Waals surface area contributed by atoms with Crippen LogP contribution in [0, 0.1) is 10.2 Å². The average molecular weight is 732 g/mol. The maximum atomic E-state index is 13.1. The highest BCUT2D eigenvalue weighted by atomic mass is 35.7. The Morgan fingerprint density at radius 3 is 1.22 bits per heavy atom. The first-order valence-electron chi connectivity index (χ1n) is 13.5. The van der Waals surface area contributed by atoms with E-state index in [9.17, 15) is 4.79 Å². The van der Waals surface area contributed by atoms with Crippen LogP contribution in [0.2, 0.25) is 10.0 Å². The van der Waals surface area contributed by atoms with E-state index in [0.717, 1.165) is 35.4 Å². The van der Waals surface area contributed by atoms with Gasteiger partial charge in [0, 0.05) is 26.8 Å². The van der Waals surface area contributed by atoms with Gasteiger partial charge in [-0.1, -0.05) is 101 Å². The summed E-state index contributed by atoms with van der Waals surface area (Å²) >= 11 is 15.7. The van der Waals surface area contributed by atoms with Crippen molar-refractivity contribution < 1.29 is 33.7 Å². The minimum Gasteiger partial charge on any atom is -0.295 e. The lowest BCUT2D eigenvalue weighted by molar-refractivity contribution is -1.92. The molecule has 0 saturated heterocycles. The highest BCUT2D eigenvalue weighted by Crippen LogP contribution is 2.65. The molecule has 0 fully saturated rings. The number of amides is 1. The van der Waals surface area contributed by atoms with Gasteiger partial charge in [0.05, 0.1) is 14.9 Å². The number of carbonyl (C=O) groups is 1. The van der Waals surface area contributed by atoms with Gasteiger partial charge in [-0.3, -0.25) is 10.1 Å². The standard InChI is InChI=1S/C34H26Cl2NOPS2.ClHO4/c1-25(38)37-33(34(40-31-21-17-26(35)18-22-31)41-32-23-19-27(36)20-24-32)39(28-11-5-2-6-12-28,29-13-7-3-8-14-29)30-15-9-4-10-16-30;2-1(3,4)5/h2-24H,1H3;(H,2,3,4,5)/p+1. The van der Waals surface area contributed by atoms with Gasteiger partial charge in [0.25, 0.3) is 0 Å². The van der Waals surface area contributed by atoms with Crippen molar-refractivity contribution in [2.24, 2.45) is 0 Å². The van der Waals surface area contributed by atoms with Gasteiger partial charge in [0.15, 0.2) is 12.7 Å². The molecule has 5 aromatic carbocycles. The fraction of sp³-hybridized carbons (Fsp3) is 0.0294. The molecule has 0 radical (unpaired) electrons. The molecule has 46 heavy (non-hydrogen) atoms. The summed E-state index contributed by atoms with van der Waals surface area (Å²) in [4.78, 5) is 15.1. The molecule has 1 amide bonds. The Bertz CT molecular complexity index is 1590. The van der Waals surface area contributed by atoms with E-state index in [4.69, 9.17) is 41.8 Å². The molecule has 5 aromatic rings. The van der Waals surface area contributed by atoms with Crippen molar-refractivity contribution in [2.45, 2.75) is 16.7 Å². The van der Waals surface area contributed by atoms with Gasteiger partial charge < -0.3 is 0 Å². The Morgan fingerprint density at radius 1 is 0.630 bits per heavy atom. The molecule has 0 unspecified atom stereocenters. The van der Waals surface area contributed by atoms with E-state index >= 15 is 0 Å². The molecule has 0 spiro atoms. The molecule has 0 saturated carbocycles. The molecule has 5 rings (SSSR count). The van der Waals surface area contributed by atoms with Gasteiger partial charge in [0.2, 0.25) is 5.91 Å². The molecule has 0 aliphatic carbocycles. The zero-order valence-electron chi connectivity index (χ0n) is 24.3. The van der Waals surface area contributed by atoms with E-state index in [2.05, 4.69) is 78.1 Å². The molecule has 236 valence electrons. The Balaban J connectivity index is 0.000000892. The minimum atomic E-state index is -4.69. The van der Waals surface area contributed by atoms with Crippen molar-refractivity contribution >= 4 is 75.8 Å². The lowest BCUT2D eigenvalue weighted by Gasteiger charge is -2.30. The van der Waals surface area contributed by atoms with E-state index in [1.165, 1.54) is 0 Å². The number of benzene rings is 5. The lowest BCUT2D eigenvalue weighted by atomic mass is 10.4. The minimum absolute atomic E-state index is 0.127. The number of thioether (sulfide) groups is 2. The Morgan fingerprint density at radius 2 is 0.935 bits per heavy atom. The van der Waals surface area contributed by atoms with Crippen LogP contribution in [0.5, 0.6) is 0 Å². The summed E-state index contributed by atoms with van der Waals surface area (Å²) in [5.41, 5.74) is 0.883. The van der Waals surface area contributed by atoms with Crippen LogP contribution in [0.1, 0.15) is 6.92 Å². The SMILES string of the molecule is CC(=O)NC(=C(Sc1ccc(Cl)cc1)Sc1ccc(Cl)cc1)[P+](c1ccccc1)(c1ccccc1)c1ccccc1.[O-][Cl+3]([O-])([O-])O. The summed E-state index contributed by atoms with van der Waals surface area (Å²) < 4.78 is 33.7. The van der Waals surface area contributed by atoms with E-state index in [0.29, 0.717) is 10.0 Å². The van der Waals surface area contributed by atoms with Gasteiger partial charge in [0.1, 0.15) is 20.2 Å². The molecule has 0 bridgehead atoms. The molecule has 0 atom stereocenters. The Kier molecular flexibility index (Phi) is 13.2. The van der Waals surface area contributed by atoms with Crippen molar-refractivity contribution in [2.75, 3.05) is 0 Å². The first-order chi connectivity index (χ1) is 22.0. The average Bonchev–Trinajstić information content (AvgIpc) is 3.03. The van der Waals surface area contributed by atoms with Crippen LogP contribution in [-0.4, -0.2) is 10.6 Å². The second kappa shape index (κ2) is 16.8. The lowest BCUT2D eigenvalue weighted by Crippen LogP contribution is -2.58. The molecule has 0 aromatic heterocycles. The predicted octanol–water partition coefficient (Wildman–Crippen LogP) is 5.01. The highest BCUT2D eigenvalue weighted by Gasteiger charge is 2.52. The third-order valence-corrected chi connectivity index (χ3v) is 13.6. The third kappa shape index (κ3) is 10.1. The van der Waals surface area contributed by atoms with Gasteiger partial charge in [-0.25, -0.2) is 0 Å². The van der Waals surface area contributed by atoms with E-state index in [1.807, 2.05) is 66.7 Å². The molecule has 0 aliphatic rings. The van der Waals surface area contributed by atoms with Crippen molar-refractivity contribution in [3.63, 3.8) is 0 Å². The number of hydrogen-bond donors (Lipinski definition) is 2. The first kappa shape index (κ1) is 36.0. The van der Waals surface area contributed by atoms with Gasteiger partial charge in [-0.2, -0.15) is 14.0 Å². The number of halogens is 3. The van der Waals surface area contributed by atoms with E-state index < -0.39 is 17.5 Å². The third-order valence-electron chi connectivity index (χ3n) is 6.30. The fourth-order valence-electron chi connectivity index (χ4n) is 4.56. The normalized spacial score (nSPS) is 11.2. The summed E-state index contributed by atoms with van der Waals surface area (Å²) in [5, 5.41) is 8.16. The summed E-state index contributed by atoms with van der Waals surface area (Å²) in [6.07, 6.45) is 0. The summed E-state index contributed by atoms with van der Waals surface area (Å²) in [5.74, 6) is -0.127. The van der Waals surface area contributed by atoms with Crippen LogP contribution in [0.3, 0.4) is 0 Å². The predicted molar refractivity (Wildman–Crippen MR) is 183 cm³/mol. The monoisotopic (exact) mass is 730 g/mol. The van der Waals surface area contributed by atoms with Crippen LogP contribution in [-0.2, 0) is 4.79 Å². The van der Waals surface area contributed by atoms with Crippen LogP contribution < -0.4 is 35.2 Å². The summed E-state index contributed by atoms with van der Waals surface area (Å²) in [7, 11) is -7.31. The highest BCUT2D eigenvalue weighted by molar-refractivity contribution is 8.23. The molecule has 12 heteroatoms. The molecule has 6 nitrogen and oxygen atoms in total. The Hall–Kier alpha value is -2.85. The summed E-state index contributed by atoms with van der Waals surface area (Å²) in [6, 6.07) is 47.1. The van der Waals surface area contributed by atoms with Crippen molar-refractivity contribution in [3.05, 3.63) is 159 Å². The zero-order chi connectivity index (χ0) is 33.2. The van der Waals surface area contributed by atoms with Crippen LogP contribution in [0.15, 0.2) is 159 Å². The fourth-order valence-corrected chi connectivity index (χ4v) is 12.1. The van der Waals surface area contributed by atoms with Crippen molar-refractivity contribution in [3.8, 4) is 0 Å². The first-order valence-corrected chi connectivity index (χ1v) is 19.0. The quantitative estimate of drug-likeness (QED) is 0.162.